The van der Waals surface area contributed by atoms with E-state index in [2.05, 4.69) is 5.16 Å². The minimum Gasteiger partial charge on any atom is -0.489 e. The number of rotatable bonds is 4. The predicted octanol–water partition coefficient (Wildman–Crippen LogP) is 2.06. The van der Waals surface area contributed by atoms with Gasteiger partial charge in [0.25, 0.3) is 0 Å². The van der Waals surface area contributed by atoms with Gasteiger partial charge in [0.2, 0.25) is 0 Å². The molecule has 0 unspecified atom stereocenters. The molecule has 0 aliphatic carbocycles. The van der Waals surface area contributed by atoms with Crippen LogP contribution in [0.3, 0.4) is 0 Å². The number of nitrogens with zero attached hydrogens (tertiary/aromatic N) is 1. The van der Waals surface area contributed by atoms with Crippen LogP contribution in [0, 0.1) is 0 Å². The van der Waals surface area contributed by atoms with Crippen molar-refractivity contribution in [1.29, 1.82) is 0 Å². The second-order valence-corrected chi connectivity index (χ2v) is 5.10. The number of amidine groups is 1. The molecule has 0 spiro atoms. The van der Waals surface area contributed by atoms with Gasteiger partial charge < -0.3 is 20.4 Å². The summed E-state index contributed by atoms with van der Waals surface area (Å²) in [5, 5.41) is 12.0. The fourth-order valence-corrected chi connectivity index (χ4v) is 2.68. The maximum Gasteiger partial charge on any atom is 0.174 e. The number of hydrogen-bond donors (Lipinski definition) is 2. The molecule has 0 radical (unpaired) electrons. The maximum absolute atomic E-state index is 8.92. The summed E-state index contributed by atoms with van der Waals surface area (Å²) in [6.45, 7) is 1.43. The van der Waals surface area contributed by atoms with E-state index < -0.39 is 0 Å². The van der Waals surface area contributed by atoms with E-state index in [4.69, 9.17) is 20.4 Å². The lowest BCUT2D eigenvalue weighted by Gasteiger charge is -2.24. The molecule has 6 heteroatoms. The molecule has 1 aromatic rings. The number of oxime groups is 1. The first-order valence-electron chi connectivity index (χ1n) is 6.15. The second kappa shape index (κ2) is 6.68. The molecule has 2 rings (SSSR count). The Labute approximate surface area is 116 Å². The minimum atomic E-state index is 0.0759. The molecule has 1 heterocycles. The highest BCUT2D eigenvalue weighted by Gasteiger charge is 2.19. The zero-order valence-electron chi connectivity index (χ0n) is 10.8. The van der Waals surface area contributed by atoms with E-state index in [1.807, 2.05) is 24.5 Å². The summed E-state index contributed by atoms with van der Waals surface area (Å²) < 4.78 is 11.3. The van der Waals surface area contributed by atoms with Crippen LogP contribution >= 0.6 is 11.8 Å². The van der Waals surface area contributed by atoms with Gasteiger partial charge in [-0.05, 0) is 18.4 Å². The standard InChI is InChI=1S/C13H18N2O3S/c1-19-11-4-2-3-10(12(11)13(14)15-16)18-9-5-7-17-8-6-9/h2-4,9,16H,5-8H2,1H3,(H2,14,15). The van der Waals surface area contributed by atoms with Crippen molar-refractivity contribution in [2.24, 2.45) is 10.9 Å². The molecule has 1 aliphatic rings. The summed E-state index contributed by atoms with van der Waals surface area (Å²) in [6, 6.07) is 5.69. The molecule has 0 atom stereocenters. The van der Waals surface area contributed by atoms with Crippen molar-refractivity contribution in [1.82, 2.24) is 0 Å². The van der Waals surface area contributed by atoms with Crippen LogP contribution in [0.1, 0.15) is 18.4 Å². The third-order valence-electron chi connectivity index (χ3n) is 3.03. The topological polar surface area (TPSA) is 77.1 Å². The average Bonchev–Trinajstić information content (AvgIpc) is 2.47. The van der Waals surface area contributed by atoms with Gasteiger partial charge in [-0.15, -0.1) is 11.8 Å². The first kappa shape index (κ1) is 14.0. The number of ether oxygens (including phenoxy) is 2. The van der Waals surface area contributed by atoms with Crippen LogP contribution in [-0.4, -0.2) is 36.6 Å². The lowest BCUT2D eigenvalue weighted by Crippen LogP contribution is -2.27. The Morgan fingerprint density at radius 2 is 2.21 bits per heavy atom. The number of hydrogen-bond acceptors (Lipinski definition) is 5. The van der Waals surface area contributed by atoms with Crippen molar-refractivity contribution in [3.63, 3.8) is 0 Å². The van der Waals surface area contributed by atoms with E-state index in [1.54, 1.807) is 0 Å². The SMILES string of the molecule is CSc1cccc(OC2CCOCC2)c1/C(N)=N/O. The normalized spacial score (nSPS) is 17.4. The smallest absolute Gasteiger partial charge is 0.174 e. The van der Waals surface area contributed by atoms with Crippen LogP contribution in [-0.2, 0) is 4.74 Å². The molecule has 0 bridgehead atoms. The lowest BCUT2D eigenvalue weighted by atomic mass is 10.1. The molecule has 3 N–H and O–H groups in total. The van der Waals surface area contributed by atoms with E-state index in [-0.39, 0.29) is 11.9 Å². The van der Waals surface area contributed by atoms with Gasteiger partial charge in [-0.3, -0.25) is 0 Å². The lowest BCUT2D eigenvalue weighted by molar-refractivity contribution is 0.0254. The van der Waals surface area contributed by atoms with Gasteiger partial charge in [0.15, 0.2) is 5.84 Å². The fraction of sp³-hybridized carbons (Fsp3) is 0.462. The van der Waals surface area contributed by atoms with E-state index in [9.17, 15) is 0 Å². The van der Waals surface area contributed by atoms with Crippen LogP contribution in [0.5, 0.6) is 5.75 Å². The minimum absolute atomic E-state index is 0.0759. The third-order valence-corrected chi connectivity index (χ3v) is 3.81. The fourth-order valence-electron chi connectivity index (χ4n) is 2.06. The summed E-state index contributed by atoms with van der Waals surface area (Å²) in [5.74, 6) is 0.737. The molecule has 1 fully saturated rings. The largest absolute Gasteiger partial charge is 0.489 e. The van der Waals surface area contributed by atoms with Gasteiger partial charge in [-0.25, -0.2) is 0 Å². The molecular formula is C13H18N2O3S. The molecule has 0 aromatic heterocycles. The molecule has 0 amide bonds. The van der Waals surface area contributed by atoms with Gasteiger partial charge in [0.05, 0.1) is 18.8 Å². The first-order valence-corrected chi connectivity index (χ1v) is 7.38. The van der Waals surface area contributed by atoms with Crippen molar-refractivity contribution in [3.8, 4) is 5.75 Å². The van der Waals surface area contributed by atoms with Crippen molar-refractivity contribution in [3.05, 3.63) is 23.8 Å². The highest BCUT2D eigenvalue weighted by molar-refractivity contribution is 7.98. The highest BCUT2D eigenvalue weighted by atomic mass is 32.2. The zero-order valence-corrected chi connectivity index (χ0v) is 11.7. The first-order chi connectivity index (χ1) is 9.26. The van der Waals surface area contributed by atoms with E-state index in [0.717, 1.165) is 17.7 Å². The van der Waals surface area contributed by atoms with Crippen LogP contribution < -0.4 is 10.5 Å². The van der Waals surface area contributed by atoms with Gasteiger partial charge >= 0.3 is 0 Å². The molecule has 19 heavy (non-hydrogen) atoms. The quantitative estimate of drug-likeness (QED) is 0.291. The van der Waals surface area contributed by atoms with Gasteiger partial charge in [-0.2, -0.15) is 0 Å². The third kappa shape index (κ3) is 3.33. The van der Waals surface area contributed by atoms with Gasteiger partial charge in [0, 0.05) is 17.7 Å². The van der Waals surface area contributed by atoms with Crippen LogP contribution in [0.15, 0.2) is 28.3 Å². The van der Waals surface area contributed by atoms with Gasteiger partial charge in [-0.1, -0.05) is 11.2 Å². The van der Waals surface area contributed by atoms with E-state index in [0.29, 0.717) is 24.5 Å². The summed E-state index contributed by atoms with van der Waals surface area (Å²) in [6.07, 6.45) is 3.79. The Bertz CT molecular complexity index is 459. The zero-order chi connectivity index (χ0) is 13.7. The van der Waals surface area contributed by atoms with Crippen LogP contribution in [0.25, 0.3) is 0 Å². The van der Waals surface area contributed by atoms with E-state index in [1.165, 1.54) is 11.8 Å². The Hall–Kier alpha value is -1.40. The molecule has 1 saturated heterocycles. The van der Waals surface area contributed by atoms with Crippen molar-refractivity contribution in [2.75, 3.05) is 19.5 Å². The van der Waals surface area contributed by atoms with Crippen LogP contribution in [0.4, 0.5) is 0 Å². The number of benzene rings is 1. The monoisotopic (exact) mass is 282 g/mol. The molecule has 1 aromatic carbocycles. The molecule has 1 aliphatic heterocycles. The average molecular weight is 282 g/mol. The summed E-state index contributed by atoms with van der Waals surface area (Å²) in [5.41, 5.74) is 6.42. The molecule has 104 valence electrons. The van der Waals surface area contributed by atoms with E-state index >= 15 is 0 Å². The Morgan fingerprint density at radius 1 is 1.47 bits per heavy atom. The van der Waals surface area contributed by atoms with Crippen molar-refractivity contribution >= 4 is 17.6 Å². The Kier molecular flexibility index (Phi) is 4.93. The maximum atomic E-state index is 8.92. The highest BCUT2D eigenvalue weighted by Crippen LogP contribution is 2.30. The summed E-state index contributed by atoms with van der Waals surface area (Å²) in [7, 11) is 0. The molecule has 0 saturated carbocycles. The van der Waals surface area contributed by atoms with Gasteiger partial charge in [0.1, 0.15) is 11.9 Å². The Balaban J connectivity index is 2.27. The van der Waals surface area contributed by atoms with Crippen LogP contribution in [0.2, 0.25) is 0 Å². The summed E-state index contributed by atoms with van der Waals surface area (Å²) >= 11 is 1.54. The van der Waals surface area contributed by atoms with Crippen molar-refractivity contribution < 1.29 is 14.7 Å². The summed E-state index contributed by atoms with van der Waals surface area (Å²) in [4.78, 5) is 0.930. The Morgan fingerprint density at radius 3 is 2.84 bits per heavy atom. The second-order valence-electron chi connectivity index (χ2n) is 4.25. The number of nitrogens with two attached hydrogens (primary N) is 1. The van der Waals surface area contributed by atoms with Crippen molar-refractivity contribution in [2.45, 2.75) is 23.8 Å². The number of thioether (sulfide) groups is 1. The predicted molar refractivity (Wildman–Crippen MR) is 75.2 cm³/mol. The molecular weight excluding hydrogens is 264 g/mol. The molecule has 5 nitrogen and oxygen atoms in total.